The minimum absolute atomic E-state index is 0.147. The summed E-state index contributed by atoms with van der Waals surface area (Å²) in [6.07, 6.45) is 1.69. The highest BCUT2D eigenvalue weighted by Crippen LogP contribution is 2.15. The molecule has 0 spiro atoms. The maximum absolute atomic E-state index is 12.4. The third kappa shape index (κ3) is 3.07. The number of aryl methyl sites for hydroxylation is 1. The number of nitrogens with one attached hydrogen (secondary N) is 1. The highest BCUT2D eigenvalue weighted by molar-refractivity contribution is 6.30. The molecule has 0 unspecified atom stereocenters. The molecule has 5 heteroatoms. The standard InChI is InChI=1S/C17H14ClN3O/c1-11-15(9-13-3-2-8-19-16(13)21-11)17(22)20-10-12-4-6-14(18)7-5-12/h2-9H,10H2,1H3,(H,20,22). The van der Waals surface area contributed by atoms with E-state index in [1.165, 1.54) is 0 Å². The lowest BCUT2D eigenvalue weighted by atomic mass is 10.1. The van der Waals surface area contributed by atoms with E-state index in [0.29, 0.717) is 28.5 Å². The summed E-state index contributed by atoms with van der Waals surface area (Å²) in [5, 5.41) is 4.43. The number of halogens is 1. The molecule has 2 heterocycles. The third-order valence-corrected chi connectivity index (χ3v) is 3.64. The number of carbonyl (C=O) groups is 1. The van der Waals surface area contributed by atoms with E-state index in [2.05, 4.69) is 15.3 Å². The Kier molecular flexibility index (Phi) is 4.02. The van der Waals surface area contributed by atoms with Crippen LogP contribution in [0.4, 0.5) is 0 Å². The summed E-state index contributed by atoms with van der Waals surface area (Å²) in [6.45, 7) is 2.26. The van der Waals surface area contributed by atoms with Gasteiger partial charge in [0.25, 0.3) is 5.91 Å². The summed E-state index contributed by atoms with van der Waals surface area (Å²) in [5.41, 5.74) is 2.87. The van der Waals surface area contributed by atoms with Gasteiger partial charge in [0.15, 0.2) is 5.65 Å². The fraction of sp³-hybridized carbons (Fsp3) is 0.118. The molecule has 0 saturated heterocycles. The maximum atomic E-state index is 12.4. The van der Waals surface area contributed by atoms with Crippen LogP contribution in [0.5, 0.6) is 0 Å². The lowest BCUT2D eigenvalue weighted by Gasteiger charge is -2.08. The van der Waals surface area contributed by atoms with E-state index in [1.807, 2.05) is 37.3 Å². The van der Waals surface area contributed by atoms with Crippen molar-refractivity contribution in [2.45, 2.75) is 13.5 Å². The van der Waals surface area contributed by atoms with Crippen LogP contribution in [0.2, 0.25) is 5.02 Å². The largest absolute Gasteiger partial charge is 0.348 e. The molecule has 0 radical (unpaired) electrons. The molecule has 0 aliphatic carbocycles. The van der Waals surface area contributed by atoms with Crippen LogP contribution in [0, 0.1) is 6.92 Å². The minimum Gasteiger partial charge on any atom is -0.348 e. The van der Waals surface area contributed by atoms with Crippen LogP contribution in [0.15, 0.2) is 48.7 Å². The zero-order chi connectivity index (χ0) is 15.5. The van der Waals surface area contributed by atoms with Gasteiger partial charge in [-0.05, 0) is 42.8 Å². The summed E-state index contributed by atoms with van der Waals surface area (Å²) >= 11 is 5.85. The Morgan fingerprint density at radius 2 is 2.00 bits per heavy atom. The molecule has 0 atom stereocenters. The van der Waals surface area contributed by atoms with Crippen molar-refractivity contribution in [2.24, 2.45) is 0 Å². The van der Waals surface area contributed by atoms with Crippen molar-refractivity contribution in [1.82, 2.24) is 15.3 Å². The zero-order valence-corrected chi connectivity index (χ0v) is 12.8. The Morgan fingerprint density at radius 3 is 2.77 bits per heavy atom. The number of rotatable bonds is 3. The number of nitrogens with zero attached hydrogens (tertiary/aromatic N) is 2. The van der Waals surface area contributed by atoms with E-state index >= 15 is 0 Å². The Labute approximate surface area is 133 Å². The van der Waals surface area contributed by atoms with E-state index in [1.54, 1.807) is 18.3 Å². The number of aromatic nitrogens is 2. The van der Waals surface area contributed by atoms with Crippen LogP contribution in [-0.4, -0.2) is 15.9 Å². The normalized spacial score (nSPS) is 10.6. The number of fused-ring (bicyclic) bond motifs is 1. The SMILES string of the molecule is Cc1nc2ncccc2cc1C(=O)NCc1ccc(Cl)cc1. The van der Waals surface area contributed by atoms with Gasteiger partial charge >= 0.3 is 0 Å². The molecule has 1 aromatic carbocycles. The van der Waals surface area contributed by atoms with Gasteiger partial charge in [0, 0.05) is 23.2 Å². The quantitative estimate of drug-likeness (QED) is 0.805. The van der Waals surface area contributed by atoms with Crippen molar-refractivity contribution in [1.29, 1.82) is 0 Å². The lowest BCUT2D eigenvalue weighted by molar-refractivity contribution is 0.0950. The Bertz CT molecular complexity index is 831. The molecule has 4 nitrogen and oxygen atoms in total. The van der Waals surface area contributed by atoms with E-state index in [4.69, 9.17) is 11.6 Å². The van der Waals surface area contributed by atoms with Crippen molar-refractivity contribution < 1.29 is 4.79 Å². The van der Waals surface area contributed by atoms with Gasteiger partial charge in [-0.15, -0.1) is 0 Å². The molecule has 22 heavy (non-hydrogen) atoms. The predicted octanol–water partition coefficient (Wildman–Crippen LogP) is 3.52. The molecule has 0 aliphatic rings. The van der Waals surface area contributed by atoms with Crippen molar-refractivity contribution in [2.75, 3.05) is 0 Å². The number of hydrogen-bond donors (Lipinski definition) is 1. The van der Waals surface area contributed by atoms with E-state index in [9.17, 15) is 4.79 Å². The number of amides is 1. The first-order valence-corrected chi connectivity index (χ1v) is 7.26. The first-order valence-electron chi connectivity index (χ1n) is 6.88. The Morgan fingerprint density at radius 1 is 1.23 bits per heavy atom. The van der Waals surface area contributed by atoms with Crippen molar-refractivity contribution in [3.63, 3.8) is 0 Å². The second-order valence-corrected chi connectivity index (χ2v) is 5.42. The van der Waals surface area contributed by atoms with Gasteiger partial charge in [0.1, 0.15) is 0 Å². The fourth-order valence-corrected chi connectivity index (χ4v) is 2.33. The number of pyridine rings is 2. The van der Waals surface area contributed by atoms with Gasteiger partial charge in [-0.25, -0.2) is 9.97 Å². The van der Waals surface area contributed by atoms with E-state index in [0.717, 1.165) is 10.9 Å². The summed E-state index contributed by atoms with van der Waals surface area (Å²) in [4.78, 5) is 20.9. The molecule has 1 amide bonds. The topological polar surface area (TPSA) is 54.9 Å². The summed E-state index contributed by atoms with van der Waals surface area (Å²) in [6, 6.07) is 12.9. The van der Waals surface area contributed by atoms with Gasteiger partial charge < -0.3 is 5.32 Å². The summed E-state index contributed by atoms with van der Waals surface area (Å²) < 4.78 is 0. The molecular weight excluding hydrogens is 298 g/mol. The second kappa shape index (κ2) is 6.12. The molecule has 0 aliphatic heterocycles. The second-order valence-electron chi connectivity index (χ2n) is 4.98. The maximum Gasteiger partial charge on any atom is 0.253 e. The van der Waals surface area contributed by atoms with Gasteiger partial charge in [0.2, 0.25) is 0 Å². The number of carbonyl (C=O) groups excluding carboxylic acids is 1. The van der Waals surface area contributed by atoms with Crippen molar-refractivity contribution in [3.05, 3.63) is 70.5 Å². The third-order valence-electron chi connectivity index (χ3n) is 3.39. The van der Waals surface area contributed by atoms with Gasteiger partial charge in [-0.3, -0.25) is 4.79 Å². The molecule has 1 N–H and O–H groups in total. The van der Waals surface area contributed by atoms with Gasteiger partial charge in [-0.1, -0.05) is 23.7 Å². The van der Waals surface area contributed by atoms with E-state index in [-0.39, 0.29) is 5.91 Å². The zero-order valence-electron chi connectivity index (χ0n) is 12.0. The average molecular weight is 312 g/mol. The summed E-state index contributed by atoms with van der Waals surface area (Å²) in [7, 11) is 0. The number of hydrogen-bond acceptors (Lipinski definition) is 3. The smallest absolute Gasteiger partial charge is 0.253 e. The minimum atomic E-state index is -0.147. The van der Waals surface area contributed by atoms with Crippen LogP contribution in [-0.2, 0) is 6.54 Å². The Hall–Kier alpha value is -2.46. The lowest BCUT2D eigenvalue weighted by Crippen LogP contribution is -2.24. The predicted molar refractivity (Wildman–Crippen MR) is 86.9 cm³/mol. The molecular formula is C17H14ClN3O. The number of benzene rings is 1. The molecule has 0 fully saturated rings. The first-order chi connectivity index (χ1) is 10.6. The first kappa shape index (κ1) is 14.5. The van der Waals surface area contributed by atoms with Crippen LogP contribution in [0.1, 0.15) is 21.6 Å². The molecule has 3 rings (SSSR count). The fourth-order valence-electron chi connectivity index (χ4n) is 2.20. The highest BCUT2D eigenvalue weighted by atomic mass is 35.5. The van der Waals surface area contributed by atoms with Crippen LogP contribution < -0.4 is 5.32 Å². The molecule has 3 aromatic rings. The van der Waals surface area contributed by atoms with Crippen LogP contribution in [0.3, 0.4) is 0 Å². The average Bonchev–Trinajstić information content (AvgIpc) is 2.53. The summed E-state index contributed by atoms with van der Waals surface area (Å²) in [5.74, 6) is -0.147. The van der Waals surface area contributed by atoms with Gasteiger partial charge in [0.05, 0.1) is 11.3 Å². The van der Waals surface area contributed by atoms with E-state index < -0.39 is 0 Å². The Balaban J connectivity index is 1.79. The molecule has 110 valence electrons. The van der Waals surface area contributed by atoms with Gasteiger partial charge in [-0.2, -0.15) is 0 Å². The molecule has 0 saturated carbocycles. The van der Waals surface area contributed by atoms with Crippen molar-refractivity contribution >= 4 is 28.5 Å². The monoisotopic (exact) mass is 311 g/mol. The molecule has 0 bridgehead atoms. The molecule has 2 aromatic heterocycles. The van der Waals surface area contributed by atoms with Crippen molar-refractivity contribution in [3.8, 4) is 0 Å². The van der Waals surface area contributed by atoms with Crippen LogP contribution in [0.25, 0.3) is 11.0 Å². The highest BCUT2D eigenvalue weighted by Gasteiger charge is 2.11. The van der Waals surface area contributed by atoms with Crippen LogP contribution >= 0.6 is 11.6 Å².